The minimum atomic E-state index is -0.269. The number of carbonyl (C=O) groups excluding carboxylic acids is 1. The maximum atomic E-state index is 12.2. The fourth-order valence-corrected chi connectivity index (χ4v) is 2.48. The van der Waals surface area contributed by atoms with Crippen LogP contribution in [0.2, 0.25) is 0 Å². The monoisotopic (exact) mass is 337 g/mol. The van der Waals surface area contributed by atoms with Gasteiger partial charge >= 0.3 is 6.03 Å². The van der Waals surface area contributed by atoms with Crippen LogP contribution in [0.5, 0.6) is 5.75 Å². The second-order valence-corrected chi connectivity index (χ2v) is 5.81. The Balaban J connectivity index is 1.98. The predicted molar refractivity (Wildman–Crippen MR) is 101 cm³/mol. The third-order valence-electron chi connectivity index (χ3n) is 3.87. The van der Waals surface area contributed by atoms with E-state index in [2.05, 4.69) is 21.5 Å². The van der Waals surface area contributed by atoms with Crippen LogP contribution in [0.3, 0.4) is 0 Å². The van der Waals surface area contributed by atoms with Crippen molar-refractivity contribution in [3.05, 3.63) is 59.7 Å². The van der Waals surface area contributed by atoms with Crippen LogP contribution in [0.1, 0.15) is 17.2 Å². The lowest BCUT2D eigenvalue weighted by Gasteiger charge is -2.25. The molecular weight excluding hydrogens is 314 g/mol. The van der Waals surface area contributed by atoms with Crippen molar-refractivity contribution in [2.24, 2.45) is 0 Å². The Kier molecular flexibility index (Phi) is 6.44. The fourth-order valence-electron chi connectivity index (χ4n) is 2.48. The number of nitrogens with zero attached hydrogens (tertiary/aromatic N) is 1. The molecule has 0 saturated heterocycles. The van der Waals surface area contributed by atoms with Crippen LogP contribution in [-0.4, -0.2) is 38.7 Å². The number of likely N-dealkylation sites (N-methyl/N-ethyl adjacent to an activating group) is 1. The molecule has 5 nitrogen and oxygen atoms in total. The molecule has 0 bridgehead atoms. The molecule has 0 aliphatic rings. The molecule has 2 rings (SSSR count). The van der Waals surface area contributed by atoms with E-state index in [1.54, 1.807) is 19.2 Å². The molecule has 2 amide bonds. The number of nitrogens with one attached hydrogen (secondary N) is 2. The second kappa shape index (κ2) is 8.76. The number of urea groups is 1. The first-order chi connectivity index (χ1) is 12.0. The van der Waals surface area contributed by atoms with Crippen LogP contribution in [0.4, 0.5) is 10.5 Å². The van der Waals surface area contributed by atoms with E-state index in [0.29, 0.717) is 12.2 Å². The number of benzene rings is 2. The van der Waals surface area contributed by atoms with Crippen molar-refractivity contribution in [2.75, 3.05) is 33.1 Å². The Labute approximate surface area is 149 Å². The lowest BCUT2D eigenvalue weighted by atomic mass is 10.1. The summed E-state index contributed by atoms with van der Waals surface area (Å²) in [6, 6.07) is 14.8. The SMILES string of the molecule is C#Cc1cccc(NC(=O)NCC(c2ccc(OC)cc2)N(C)C)c1. The molecule has 0 aromatic heterocycles. The zero-order chi connectivity index (χ0) is 18.2. The van der Waals surface area contributed by atoms with E-state index in [4.69, 9.17) is 11.2 Å². The van der Waals surface area contributed by atoms with Crippen molar-refractivity contribution < 1.29 is 9.53 Å². The molecule has 1 unspecified atom stereocenters. The van der Waals surface area contributed by atoms with E-state index < -0.39 is 0 Å². The average Bonchev–Trinajstić information content (AvgIpc) is 2.62. The van der Waals surface area contributed by atoms with Crippen molar-refractivity contribution in [3.8, 4) is 18.1 Å². The standard InChI is InChI=1S/C20H23N3O2/c1-5-15-7-6-8-17(13-15)22-20(24)21-14-19(23(2)3)16-9-11-18(25-4)12-10-16/h1,6-13,19H,14H2,2-4H3,(H2,21,22,24). The van der Waals surface area contributed by atoms with E-state index >= 15 is 0 Å². The molecule has 0 saturated carbocycles. The highest BCUT2D eigenvalue weighted by atomic mass is 16.5. The summed E-state index contributed by atoms with van der Waals surface area (Å²) in [6.07, 6.45) is 5.37. The summed E-state index contributed by atoms with van der Waals surface area (Å²) in [5.74, 6) is 3.35. The molecular formula is C20H23N3O2. The molecule has 0 heterocycles. The number of rotatable bonds is 6. The lowest BCUT2D eigenvalue weighted by molar-refractivity contribution is 0.243. The normalized spacial score (nSPS) is 11.5. The van der Waals surface area contributed by atoms with Crippen LogP contribution in [0.15, 0.2) is 48.5 Å². The van der Waals surface area contributed by atoms with Crippen LogP contribution in [0.25, 0.3) is 0 Å². The Morgan fingerprint density at radius 3 is 2.56 bits per heavy atom. The highest BCUT2D eigenvalue weighted by molar-refractivity contribution is 5.89. The number of terminal acetylenes is 1. The third kappa shape index (κ3) is 5.27. The van der Waals surface area contributed by atoms with Crippen molar-refractivity contribution in [2.45, 2.75) is 6.04 Å². The van der Waals surface area contributed by atoms with Gasteiger partial charge in [-0.05, 0) is 50.0 Å². The van der Waals surface area contributed by atoms with Gasteiger partial charge in [0.1, 0.15) is 5.75 Å². The first kappa shape index (κ1) is 18.4. The summed E-state index contributed by atoms with van der Waals surface area (Å²) in [4.78, 5) is 14.2. The molecule has 130 valence electrons. The maximum absolute atomic E-state index is 12.2. The number of carbonyl (C=O) groups is 1. The zero-order valence-corrected chi connectivity index (χ0v) is 14.7. The molecule has 2 aromatic carbocycles. The van der Waals surface area contributed by atoms with Gasteiger partial charge in [0.15, 0.2) is 0 Å². The van der Waals surface area contributed by atoms with Gasteiger partial charge in [0, 0.05) is 17.8 Å². The minimum absolute atomic E-state index is 0.0497. The van der Waals surface area contributed by atoms with E-state index in [1.165, 1.54) is 0 Å². The number of anilines is 1. The van der Waals surface area contributed by atoms with Gasteiger partial charge < -0.3 is 20.3 Å². The molecule has 0 fully saturated rings. The molecule has 5 heteroatoms. The molecule has 2 N–H and O–H groups in total. The Hall–Kier alpha value is -2.97. The van der Waals surface area contributed by atoms with Gasteiger partial charge in [-0.3, -0.25) is 0 Å². The Morgan fingerprint density at radius 2 is 1.96 bits per heavy atom. The van der Waals surface area contributed by atoms with Crippen molar-refractivity contribution >= 4 is 11.7 Å². The summed E-state index contributed by atoms with van der Waals surface area (Å²) in [6.45, 7) is 0.472. The van der Waals surface area contributed by atoms with Crippen LogP contribution in [-0.2, 0) is 0 Å². The van der Waals surface area contributed by atoms with Crippen molar-refractivity contribution in [1.29, 1.82) is 0 Å². The van der Waals surface area contributed by atoms with Crippen LogP contribution >= 0.6 is 0 Å². The second-order valence-electron chi connectivity index (χ2n) is 5.81. The molecule has 0 aliphatic carbocycles. The third-order valence-corrected chi connectivity index (χ3v) is 3.87. The Bertz CT molecular complexity index is 748. The summed E-state index contributed by atoms with van der Waals surface area (Å²) in [7, 11) is 5.59. The highest BCUT2D eigenvalue weighted by Crippen LogP contribution is 2.20. The van der Waals surface area contributed by atoms with Crippen LogP contribution in [0, 0.1) is 12.3 Å². The van der Waals surface area contributed by atoms with Gasteiger partial charge in [-0.2, -0.15) is 0 Å². The maximum Gasteiger partial charge on any atom is 0.319 e. The summed E-state index contributed by atoms with van der Waals surface area (Å²) in [5, 5.41) is 5.70. The number of hydrogen-bond acceptors (Lipinski definition) is 3. The van der Waals surface area contributed by atoms with Crippen molar-refractivity contribution in [3.63, 3.8) is 0 Å². The van der Waals surface area contributed by atoms with Gasteiger partial charge in [-0.1, -0.05) is 24.1 Å². The van der Waals surface area contributed by atoms with Gasteiger partial charge in [0.2, 0.25) is 0 Å². The van der Waals surface area contributed by atoms with E-state index in [0.717, 1.165) is 16.9 Å². The molecule has 25 heavy (non-hydrogen) atoms. The van der Waals surface area contributed by atoms with E-state index in [9.17, 15) is 4.79 Å². The summed E-state index contributed by atoms with van der Waals surface area (Å²) >= 11 is 0. The van der Waals surface area contributed by atoms with Crippen molar-refractivity contribution in [1.82, 2.24) is 10.2 Å². The first-order valence-electron chi connectivity index (χ1n) is 7.95. The van der Waals surface area contributed by atoms with E-state index in [1.807, 2.05) is 50.5 Å². The smallest absolute Gasteiger partial charge is 0.319 e. The summed E-state index contributed by atoms with van der Waals surface area (Å²) in [5.41, 5.74) is 2.49. The van der Waals surface area contributed by atoms with Gasteiger partial charge in [-0.25, -0.2) is 4.79 Å². The average molecular weight is 337 g/mol. The first-order valence-corrected chi connectivity index (χ1v) is 7.95. The molecule has 1 atom stereocenters. The number of amides is 2. The zero-order valence-electron chi connectivity index (χ0n) is 14.7. The predicted octanol–water partition coefficient (Wildman–Crippen LogP) is 3.10. The number of hydrogen-bond donors (Lipinski definition) is 2. The molecule has 0 radical (unpaired) electrons. The largest absolute Gasteiger partial charge is 0.497 e. The number of methoxy groups -OCH3 is 1. The van der Waals surface area contributed by atoms with Crippen LogP contribution < -0.4 is 15.4 Å². The lowest BCUT2D eigenvalue weighted by Crippen LogP contribution is -2.36. The van der Waals surface area contributed by atoms with Gasteiger partial charge in [-0.15, -0.1) is 6.42 Å². The minimum Gasteiger partial charge on any atom is -0.497 e. The summed E-state index contributed by atoms with van der Waals surface area (Å²) < 4.78 is 5.19. The number of ether oxygens (including phenoxy) is 1. The molecule has 0 aliphatic heterocycles. The highest BCUT2D eigenvalue weighted by Gasteiger charge is 2.15. The molecule has 0 spiro atoms. The van der Waals surface area contributed by atoms with Gasteiger partial charge in [0.05, 0.1) is 13.2 Å². The fraction of sp³-hybridized carbons (Fsp3) is 0.250. The Morgan fingerprint density at radius 1 is 1.24 bits per heavy atom. The van der Waals surface area contributed by atoms with Gasteiger partial charge in [0.25, 0.3) is 0 Å². The molecule has 2 aromatic rings. The van der Waals surface area contributed by atoms with E-state index in [-0.39, 0.29) is 12.1 Å². The quantitative estimate of drug-likeness (QED) is 0.797. The topological polar surface area (TPSA) is 53.6 Å².